The molecule has 5 heteroatoms. The lowest BCUT2D eigenvalue weighted by Crippen LogP contribution is -2.11. The number of hydrogen-bond donors (Lipinski definition) is 1. The van der Waals surface area contributed by atoms with Crippen molar-refractivity contribution in [3.8, 4) is 17.2 Å². The van der Waals surface area contributed by atoms with E-state index in [9.17, 15) is 4.79 Å². The highest BCUT2D eigenvalue weighted by Gasteiger charge is 2.10. The van der Waals surface area contributed by atoms with Crippen molar-refractivity contribution in [1.82, 2.24) is 4.98 Å². The molecule has 0 saturated heterocycles. The minimum Gasteiger partial charge on any atom is -0.497 e. The number of amides is 1. The summed E-state index contributed by atoms with van der Waals surface area (Å²) >= 11 is 0. The Labute approximate surface area is 156 Å². The Hall–Kier alpha value is -3.60. The number of nitrogens with zero attached hydrogens (tertiary/aromatic N) is 1. The van der Waals surface area contributed by atoms with E-state index in [1.54, 1.807) is 13.2 Å². The van der Waals surface area contributed by atoms with Crippen LogP contribution >= 0.6 is 0 Å². The van der Waals surface area contributed by atoms with Crippen LogP contribution in [0.1, 0.15) is 15.9 Å². The van der Waals surface area contributed by atoms with E-state index in [4.69, 9.17) is 9.15 Å². The Morgan fingerprint density at radius 3 is 2.59 bits per heavy atom. The van der Waals surface area contributed by atoms with Crippen molar-refractivity contribution >= 4 is 22.7 Å². The van der Waals surface area contributed by atoms with Crippen molar-refractivity contribution in [3.05, 3.63) is 77.9 Å². The molecule has 1 N–H and O–H groups in total. The second kappa shape index (κ2) is 6.96. The zero-order valence-electron chi connectivity index (χ0n) is 15.0. The molecule has 0 unspecified atom stereocenters. The molecule has 0 bridgehead atoms. The molecule has 4 aromatic rings. The lowest BCUT2D eigenvalue weighted by atomic mass is 10.1. The van der Waals surface area contributed by atoms with Gasteiger partial charge in [-0.25, -0.2) is 4.98 Å². The fraction of sp³-hybridized carbons (Fsp3) is 0.0909. The van der Waals surface area contributed by atoms with E-state index in [1.165, 1.54) is 0 Å². The molecule has 1 amide bonds. The number of ether oxygens (including phenoxy) is 1. The summed E-state index contributed by atoms with van der Waals surface area (Å²) in [7, 11) is 1.62. The van der Waals surface area contributed by atoms with Gasteiger partial charge in [0.1, 0.15) is 11.3 Å². The molecule has 0 aliphatic heterocycles. The molecule has 0 aliphatic carbocycles. The van der Waals surface area contributed by atoms with Crippen LogP contribution in [-0.2, 0) is 0 Å². The van der Waals surface area contributed by atoms with Gasteiger partial charge in [0, 0.05) is 22.9 Å². The third-order valence-electron chi connectivity index (χ3n) is 4.26. The first-order chi connectivity index (χ1) is 13.1. The molecular weight excluding hydrogens is 340 g/mol. The Morgan fingerprint density at radius 1 is 1.04 bits per heavy atom. The highest BCUT2D eigenvalue weighted by Crippen LogP contribution is 2.27. The van der Waals surface area contributed by atoms with Crippen LogP contribution in [0.5, 0.6) is 5.75 Å². The molecule has 0 fully saturated rings. The first-order valence-corrected chi connectivity index (χ1v) is 8.55. The molecule has 27 heavy (non-hydrogen) atoms. The van der Waals surface area contributed by atoms with E-state index in [1.807, 2.05) is 67.6 Å². The van der Waals surface area contributed by atoms with Crippen molar-refractivity contribution in [2.75, 3.05) is 12.4 Å². The number of carbonyl (C=O) groups excluding carboxylic acids is 1. The van der Waals surface area contributed by atoms with E-state index < -0.39 is 0 Å². The van der Waals surface area contributed by atoms with E-state index in [-0.39, 0.29) is 5.91 Å². The minimum absolute atomic E-state index is 0.139. The van der Waals surface area contributed by atoms with Crippen LogP contribution < -0.4 is 10.1 Å². The number of methoxy groups -OCH3 is 1. The molecular formula is C22H18N2O3. The fourth-order valence-electron chi connectivity index (χ4n) is 2.84. The van der Waals surface area contributed by atoms with Gasteiger partial charge in [0.25, 0.3) is 5.91 Å². The topological polar surface area (TPSA) is 64.4 Å². The molecule has 1 aromatic heterocycles. The monoisotopic (exact) mass is 358 g/mol. The summed E-state index contributed by atoms with van der Waals surface area (Å²) in [6, 6.07) is 20.4. The molecule has 3 aromatic carbocycles. The smallest absolute Gasteiger partial charge is 0.255 e. The molecule has 5 nitrogen and oxygen atoms in total. The summed E-state index contributed by atoms with van der Waals surface area (Å²) in [5.41, 5.74) is 4.66. The van der Waals surface area contributed by atoms with Gasteiger partial charge in [-0.1, -0.05) is 17.7 Å². The Kier molecular flexibility index (Phi) is 4.34. The quantitative estimate of drug-likeness (QED) is 0.553. The van der Waals surface area contributed by atoms with Crippen LogP contribution in [0, 0.1) is 6.92 Å². The molecule has 0 radical (unpaired) electrons. The van der Waals surface area contributed by atoms with Gasteiger partial charge >= 0.3 is 0 Å². The average Bonchev–Trinajstić information content (AvgIpc) is 3.11. The Bertz CT molecular complexity index is 1110. The van der Waals surface area contributed by atoms with Crippen LogP contribution in [-0.4, -0.2) is 18.0 Å². The molecule has 0 atom stereocenters. The molecule has 4 rings (SSSR count). The average molecular weight is 358 g/mol. The van der Waals surface area contributed by atoms with Gasteiger partial charge in [-0.15, -0.1) is 0 Å². The third kappa shape index (κ3) is 3.53. The van der Waals surface area contributed by atoms with Crippen LogP contribution in [0.25, 0.3) is 22.6 Å². The second-order valence-corrected chi connectivity index (χ2v) is 6.25. The number of benzene rings is 3. The number of aromatic nitrogens is 1. The van der Waals surface area contributed by atoms with Crippen molar-refractivity contribution < 1.29 is 13.9 Å². The van der Waals surface area contributed by atoms with Crippen LogP contribution in [0.2, 0.25) is 0 Å². The van der Waals surface area contributed by atoms with Gasteiger partial charge < -0.3 is 14.5 Å². The number of rotatable bonds is 4. The maximum Gasteiger partial charge on any atom is 0.255 e. The first kappa shape index (κ1) is 16.8. The highest BCUT2D eigenvalue weighted by atomic mass is 16.5. The van der Waals surface area contributed by atoms with Gasteiger partial charge in [0.05, 0.1) is 7.11 Å². The molecule has 0 spiro atoms. The first-order valence-electron chi connectivity index (χ1n) is 8.55. The molecule has 0 aliphatic rings. The maximum absolute atomic E-state index is 12.3. The zero-order chi connectivity index (χ0) is 18.8. The lowest BCUT2D eigenvalue weighted by molar-refractivity contribution is 0.102. The molecule has 134 valence electrons. The van der Waals surface area contributed by atoms with Gasteiger partial charge in [-0.3, -0.25) is 4.79 Å². The number of oxazole rings is 1. The van der Waals surface area contributed by atoms with Crippen LogP contribution in [0.4, 0.5) is 5.69 Å². The number of nitrogens with one attached hydrogen (secondary N) is 1. The van der Waals surface area contributed by atoms with Gasteiger partial charge in [-0.2, -0.15) is 0 Å². The number of carbonyl (C=O) groups is 1. The number of aryl methyl sites for hydroxylation is 1. The van der Waals surface area contributed by atoms with Gasteiger partial charge in [0.15, 0.2) is 5.58 Å². The largest absolute Gasteiger partial charge is 0.497 e. The van der Waals surface area contributed by atoms with Crippen molar-refractivity contribution in [2.45, 2.75) is 6.92 Å². The van der Waals surface area contributed by atoms with E-state index in [2.05, 4.69) is 10.3 Å². The SMILES string of the molecule is COc1ccc2oc(-c3ccc(NC(=O)c4cccc(C)c4)cc3)nc2c1. The Balaban J connectivity index is 1.54. The highest BCUT2D eigenvalue weighted by molar-refractivity contribution is 6.04. The van der Waals surface area contributed by atoms with Crippen molar-refractivity contribution in [2.24, 2.45) is 0 Å². The predicted molar refractivity (Wildman–Crippen MR) is 105 cm³/mol. The summed E-state index contributed by atoms with van der Waals surface area (Å²) in [6.07, 6.45) is 0. The van der Waals surface area contributed by atoms with Crippen molar-refractivity contribution in [3.63, 3.8) is 0 Å². The standard InChI is InChI=1S/C22H18N2O3/c1-14-4-3-5-16(12-14)21(25)23-17-8-6-15(7-9-17)22-24-19-13-18(26-2)10-11-20(19)27-22/h3-13H,1-2H3,(H,23,25). The normalized spacial score (nSPS) is 10.7. The van der Waals surface area contributed by atoms with Crippen LogP contribution in [0.15, 0.2) is 71.1 Å². The van der Waals surface area contributed by atoms with Crippen molar-refractivity contribution in [1.29, 1.82) is 0 Å². The van der Waals surface area contributed by atoms with E-state index in [0.29, 0.717) is 22.7 Å². The number of hydrogen-bond acceptors (Lipinski definition) is 4. The Morgan fingerprint density at radius 2 is 1.85 bits per heavy atom. The molecule has 1 heterocycles. The lowest BCUT2D eigenvalue weighted by Gasteiger charge is -2.06. The predicted octanol–water partition coefficient (Wildman–Crippen LogP) is 5.06. The fourth-order valence-corrected chi connectivity index (χ4v) is 2.84. The number of anilines is 1. The maximum atomic E-state index is 12.3. The summed E-state index contributed by atoms with van der Waals surface area (Å²) in [5, 5.41) is 2.90. The van der Waals surface area contributed by atoms with Crippen LogP contribution in [0.3, 0.4) is 0 Å². The summed E-state index contributed by atoms with van der Waals surface area (Å²) in [6.45, 7) is 1.96. The zero-order valence-corrected chi connectivity index (χ0v) is 15.0. The van der Waals surface area contributed by atoms with Gasteiger partial charge in [0.2, 0.25) is 5.89 Å². The summed E-state index contributed by atoms with van der Waals surface area (Å²) < 4.78 is 11.0. The summed E-state index contributed by atoms with van der Waals surface area (Å²) in [5.74, 6) is 1.12. The van der Waals surface area contributed by atoms with Gasteiger partial charge in [-0.05, 0) is 55.5 Å². The second-order valence-electron chi connectivity index (χ2n) is 6.25. The summed E-state index contributed by atoms with van der Waals surface area (Å²) in [4.78, 5) is 16.9. The molecule has 0 saturated carbocycles. The minimum atomic E-state index is -0.139. The van der Waals surface area contributed by atoms with E-state index in [0.717, 1.165) is 22.4 Å². The number of fused-ring (bicyclic) bond motifs is 1. The van der Waals surface area contributed by atoms with E-state index >= 15 is 0 Å². The third-order valence-corrected chi connectivity index (χ3v) is 4.26.